The molecular weight excluding hydrogens is 306 g/mol. The SMILES string of the molecule is C=C(CCc1ccc(NC(=O)NC)cc1)N(CC)C(CC)CS. The van der Waals surface area contributed by atoms with Gasteiger partial charge in [-0.3, -0.25) is 0 Å². The fraction of sp³-hybridized carbons (Fsp3) is 0.500. The van der Waals surface area contributed by atoms with Gasteiger partial charge in [0.05, 0.1) is 0 Å². The predicted octanol–water partition coefficient (Wildman–Crippen LogP) is 3.91. The topological polar surface area (TPSA) is 44.4 Å². The molecule has 2 amide bonds. The molecule has 0 heterocycles. The number of anilines is 1. The van der Waals surface area contributed by atoms with Crippen LogP contribution in [-0.2, 0) is 6.42 Å². The van der Waals surface area contributed by atoms with E-state index in [9.17, 15) is 4.79 Å². The Bertz CT molecular complexity index is 497. The highest BCUT2D eigenvalue weighted by Gasteiger charge is 2.15. The van der Waals surface area contributed by atoms with Crippen LogP contribution in [0.15, 0.2) is 36.5 Å². The van der Waals surface area contributed by atoms with Gasteiger partial charge in [-0.05, 0) is 43.9 Å². The second kappa shape index (κ2) is 10.2. The first-order valence-corrected chi connectivity index (χ1v) is 8.81. The average Bonchev–Trinajstić information content (AvgIpc) is 2.58. The van der Waals surface area contributed by atoms with Crippen molar-refractivity contribution in [2.45, 2.75) is 39.2 Å². The molecule has 0 bridgehead atoms. The molecule has 0 fully saturated rings. The van der Waals surface area contributed by atoms with Crippen LogP contribution in [0.3, 0.4) is 0 Å². The second-order valence-corrected chi connectivity index (χ2v) is 5.86. The molecule has 5 heteroatoms. The largest absolute Gasteiger partial charge is 0.372 e. The van der Waals surface area contributed by atoms with E-state index in [0.717, 1.165) is 37.2 Å². The van der Waals surface area contributed by atoms with Gasteiger partial charge in [-0.1, -0.05) is 25.6 Å². The normalized spacial score (nSPS) is 11.7. The molecule has 1 unspecified atom stereocenters. The summed E-state index contributed by atoms with van der Waals surface area (Å²) in [6.45, 7) is 9.57. The molecule has 0 spiro atoms. The minimum atomic E-state index is -0.206. The van der Waals surface area contributed by atoms with E-state index in [-0.39, 0.29) is 6.03 Å². The van der Waals surface area contributed by atoms with E-state index in [4.69, 9.17) is 0 Å². The summed E-state index contributed by atoms with van der Waals surface area (Å²) in [7, 11) is 1.60. The van der Waals surface area contributed by atoms with E-state index < -0.39 is 0 Å². The quantitative estimate of drug-likeness (QED) is 0.599. The Labute approximate surface area is 145 Å². The fourth-order valence-corrected chi connectivity index (χ4v) is 3.02. The van der Waals surface area contributed by atoms with Crippen LogP contribution in [0.25, 0.3) is 0 Å². The molecule has 2 N–H and O–H groups in total. The summed E-state index contributed by atoms with van der Waals surface area (Å²) >= 11 is 4.45. The van der Waals surface area contributed by atoms with Crippen LogP contribution in [0.4, 0.5) is 10.5 Å². The molecule has 0 aliphatic rings. The lowest BCUT2D eigenvalue weighted by atomic mass is 10.1. The Morgan fingerprint density at radius 1 is 1.30 bits per heavy atom. The molecule has 1 atom stereocenters. The number of nitrogens with one attached hydrogen (secondary N) is 2. The number of allylic oxidation sites excluding steroid dienone is 1. The lowest BCUT2D eigenvalue weighted by molar-refractivity contribution is 0.254. The van der Waals surface area contributed by atoms with Gasteiger partial charge in [0.1, 0.15) is 0 Å². The molecule has 0 saturated carbocycles. The van der Waals surface area contributed by atoms with Crippen LogP contribution in [0, 0.1) is 0 Å². The Kier molecular flexibility index (Phi) is 8.62. The molecule has 128 valence electrons. The molecule has 0 aromatic heterocycles. The number of nitrogens with zero attached hydrogens (tertiary/aromatic N) is 1. The van der Waals surface area contributed by atoms with Gasteiger partial charge in [-0.2, -0.15) is 12.6 Å². The van der Waals surface area contributed by atoms with Gasteiger partial charge in [0, 0.05) is 36.8 Å². The van der Waals surface area contributed by atoms with E-state index in [1.807, 2.05) is 24.3 Å². The maximum atomic E-state index is 11.3. The number of rotatable bonds is 9. The maximum Gasteiger partial charge on any atom is 0.318 e. The molecule has 0 radical (unpaired) electrons. The van der Waals surface area contributed by atoms with Gasteiger partial charge in [-0.15, -0.1) is 0 Å². The van der Waals surface area contributed by atoms with Crippen molar-refractivity contribution in [1.82, 2.24) is 10.2 Å². The number of aryl methyl sites for hydroxylation is 1. The Morgan fingerprint density at radius 3 is 2.43 bits per heavy atom. The van der Waals surface area contributed by atoms with Crippen molar-refractivity contribution >= 4 is 24.3 Å². The van der Waals surface area contributed by atoms with Crippen LogP contribution in [-0.4, -0.2) is 36.3 Å². The van der Waals surface area contributed by atoms with Gasteiger partial charge in [0.2, 0.25) is 0 Å². The van der Waals surface area contributed by atoms with Gasteiger partial charge in [-0.25, -0.2) is 4.79 Å². The van der Waals surface area contributed by atoms with E-state index in [1.54, 1.807) is 7.05 Å². The molecule has 23 heavy (non-hydrogen) atoms. The van der Waals surface area contributed by atoms with Crippen LogP contribution in [0.5, 0.6) is 0 Å². The zero-order valence-corrected chi connectivity index (χ0v) is 15.3. The van der Waals surface area contributed by atoms with Crippen LogP contribution < -0.4 is 10.6 Å². The Hall–Kier alpha value is -1.62. The zero-order chi connectivity index (χ0) is 17.2. The lowest BCUT2D eigenvalue weighted by Crippen LogP contribution is -2.35. The highest BCUT2D eigenvalue weighted by Crippen LogP contribution is 2.18. The molecule has 4 nitrogen and oxygen atoms in total. The van der Waals surface area contributed by atoms with Crippen molar-refractivity contribution < 1.29 is 4.79 Å². The predicted molar refractivity (Wildman–Crippen MR) is 102 cm³/mol. The van der Waals surface area contributed by atoms with Crippen LogP contribution in [0.2, 0.25) is 0 Å². The Balaban J connectivity index is 2.56. The molecule has 1 aromatic carbocycles. The Morgan fingerprint density at radius 2 is 1.96 bits per heavy atom. The number of urea groups is 1. The number of amides is 2. The number of thiol groups is 1. The first-order valence-electron chi connectivity index (χ1n) is 8.18. The van der Waals surface area contributed by atoms with E-state index >= 15 is 0 Å². The summed E-state index contributed by atoms with van der Waals surface area (Å²) in [6.07, 6.45) is 2.95. The minimum absolute atomic E-state index is 0.206. The van der Waals surface area contributed by atoms with E-state index in [1.165, 1.54) is 11.3 Å². The first kappa shape index (κ1) is 19.4. The van der Waals surface area contributed by atoms with Crippen molar-refractivity contribution in [3.05, 3.63) is 42.1 Å². The van der Waals surface area contributed by atoms with Crippen molar-refractivity contribution in [3.63, 3.8) is 0 Å². The monoisotopic (exact) mass is 335 g/mol. The summed E-state index contributed by atoms with van der Waals surface area (Å²) in [6, 6.07) is 8.19. The van der Waals surface area contributed by atoms with Crippen LogP contribution in [0.1, 0.15) is 32.3 Å². The van der Waals surface area contributed by atoms with E-state index in [0.29, 0.717) is 6.04 Å². The van der Waals surface area contributed by atoms with Crippen molar-refractivity contribution in [1.29, 1.82) is 0 Å². The summed E-state index contributed by atoms with van der Waals surface area (Å²) in [5.41, 5.74) is 3.20. The van der Waals surface area contributed by atoms with E-state index in [2.05, 4.69) is 48.6 Å². The third-order valence-corrected chi connectivity index (χ3v) is 4.43. The lowest BCUT2D eigenvalue weighted by Gasteiger charge is -2.33. The third kappa shape index (κ3) is 6.18. The fourth-order valence-electron chi connectivity index (χ4n) is 2.57. The number of hydrogen-bond acceptors (Lipinski definition) is 3. The van der Waals surface area contributed by atoms with Crippen LogP contribution >= 0.6 is 12.6 Å². The highest BCUT2D eigenvalue weighted by molar-refractivity contribution is 7.80. The smallest absolute Gasteiger partial charge is 0.318 e. The van der Waals surface area contributed by atoms with Gasteiger partial charge in [0.15, 0.2) is 0 Å². The van der Waals surface area contributed by atoms with Crippen molar-refractivity contribution in [3.8, 4) is 0 Å². The number of benzene rings is 1. The number of carbonyl (C=O) groups is 1. The van der Waals surface area contributed by atoms with Crippen molar-refractivity contribution in [2.75, 3.05) is 24.7 Å². The highest BCUT2D eigenvalue weighted by atomic mass is 32.1. The second-order valence-electron chi connectivity index (χ2n) is 5.50. The first-order chi connectivity index (χ1) is 11.0. The summed E-state index contributed by atoms with van der Waals surface area (Å²) < 4.78 is 0. The number of hydrogen-bond donors (Lipinski definition) is 3. The standard InChI is InChI=1S/C18H29N3OS/c1-5-17(13-23)21(6-2)14(3)7-8-15-9-11-16(12-10-15)20-18(22)19-4/h9-12,17,23H,3,5-8,13H2,1-2,4H3,(H2,19,20,22). The molecule has 0 aliphatic heterocycles. The molecule has 0 saturated heterocycles. The van der Waals surface area contributed by atoms with Gasteiger partial charge >= 0.3 is 6.03 Å². The zero-order valence-electron chi connectivity index (χ0n) is 14.4. The summed E-state index contributed by atoms with van der Waals surface area (Å²) in [5, 5.41) is 5.29. The van der Waals surface area contributed by atoms with Gasteiger partial charge in [0.25, 0.3) is 0 Å². The minimum Gasteiger partial charge on any atom is -0.372 e. The molecule has 0 aliphatic carbocycles. The van der Waals surface area contributed by atoms with Gasteiger partial charge < -0.3 is 15.5 Å². The third-order valence-electron chi connectivity index (χ3n) is 4.01. The summed E-state index contributed by atoms with van der Waals surface area (Å²) in [4.78, 5) is 13.6. The maximum absolute atomic E-state index is 11.3. The number of carbonyl (C=O) groups excluding carboxylic acids is 1. The average molecular weight is 336 g/mol. The van der Waals surface area contributed by atoms with Crippen molar-refractivity contribution in [2.24, 2.45) is 0 Å². The molecular formula is C18H29N3OS. The molecule has 1 aromatic rings. The molecule has 1 rings (SSSR count). The summed E-state index contributed by atoms with van der Waals surface area (Å²) in [5.74, 6) is 0.850.